The Kier molecular flexibility index (Phi) is 3.11. The van der Waals surface area contributed by atoms with Gasteiger partial charge in [-0.05, 0) is 37.4 Å². The van der Waals surface area contributed by atoms with Gasteiger partial charge in [0.25, 0.3) is 0 Å². The van der Waals surface area contributed by atoms with Crippen molar-refractivity contribution >= 4 is 23.2 Å². The van der Waals surface area contributed by atoms with Crippen LogP contribution in [0.25, 0.3) is 6.08 Å². The third-order valence-electron chi connectivity index (χ3n) is 4.16. The summed E-state index contributed by atoms with van der Waals surface area (Å²) >= 11 is 1.55. The van der Waals surface area contributed by atoms with Crippen LogP contribution in [0.4, 0.5) is 0 Å². The lowest BCUT2D eigenvalue weighted by molar-refractivity contribution is -0.0229. The van der Waals surface area contributed by atoms with Gasteiger partial charge in [-0.3, -0.25) is 4.79 Å². The fourth-order valence-corrected chi connectivity index (χ4v) is 3.52. The van der Waals surface area contributed by atoms with Gasteiger partial charge >= 0.3 is 0 Å². The number of allylic oxidation sites excluding steroid dienone is 1. The van der Waals surface area contributed by atoms with Crippen molar-refractivity contribution in [2.75, 3.05) is 0 Å². The van der Waals surface area contributed by atoms with Gasteiger partial charge in [0.2, 0.25) is 5.78 Å². The summed E-state index contributed by atoms with van der Waals surface area (Å²) in [5.74, 6) is 1.48. The normalized spacial score (nSPS) is 21.1. The number of hydrogen-bond donors (Lipinski definition) is 1. The number of carbonyl (C=O) groups is 1. The first-order chi connectivity index (χ1) is 10.9. The van der Waals surface area contributed by atoms with E-state index in [0.29, 0.717) is 29.2 Å². The van der Waals surface area contributed by atoms with Gasteiger partial charge in [-0.2, -0.15) is 0 Å². The second-order valence-corrected chi connectivity index (χ2v) is 7.32. The molecular weight excluding hydrogens is 312 g/mol. The highest BCUT2D eigenvalue weighted by Gasteiger charge is 2.40. The molecule has 23 heavy (non-hydrogen) atoms. The van der Waals surface area contributed by atoms with Crippen molar-refractivity contribution in [2.24, 2.45) is 0 Å². The number of thiophene rings is 1. The Morgan fingerprint density at radius 1 is 1.35 bits per heavy atom. The number of Topliss-reactive ketones (excluding diaryl/α,β-unsaturated/α-hetero) is 1. The lowest BCUT2D eigenvalue weighted by atomic mass is 9.96. The van der Waals surface area contributed by atoms with E-state index < -0.39 is 5.60 Å². The molecule has 0 saturated heterocycles. The molecule has 1 N–H and O–H groups in total. The number of aliphatic hydroxyl groups is 1. The molecule has 1 aromatic carbocycles. The summed E-state index contributed by atoms with van der Waals surface area (Å²) in [4.78, 5) is 13.5. The van der Waals surface area contributed by atoms with Gasteiger partial charge in [-0.15, -0.1) is 11.3 Å². The summed E-state index contributed by atoms with van der Waals surface area (Å²) in [5, 5.41) is 12.1. The molecule has 5 heteroatoms. The third-order valence-corrected chi connectivity index (χ3v) is 4.98. The second kappa shape index (κ2) is 4.94. The summed E-state index contributed by atoms with van der Waals surface area (Å²) < 4.78 is 11.7. The van der Waals surface area contributed by atoms with E-state index in [9.17, 15) is 9.90 Å². The van der Waals surface area contributed by atoms with Gasteiger partial charge in [-0.1, -0.05) is 6.07 Å². The van der Waals surface area contributed by atoms with Gasteiger partial charge in [0.15, 0.2) is 5.76 Å². The molecule has 3 heterocycles. The van der Waals surface area contributed by atoms with E-state index in [2.05, 4.69) is 0 Å². The summed E-state index contributed by atoms with van der Waals surface area (Å²) in [6, 6.07) is 7.39. The molecule has 0 spiro atoms. The zero-order valence-electron chi connectivity index (χ0n) is 12.8. The quantitative estimate of drug-likeness (QED) is 0.858. The Morgan fingerprint density at radius 3 is 2.87 bits per heavy atom. The number of carbonyl (C=O) groups excluding carboxylic acids is 1. The Bertz CT molecular complexity index is 812. The molecule has 118 valence electrons. The van der Waals surface area contributed by atoms with Crippen LogP contribution in [0.1, 0.15) is 34.6 Å². The van der Waals surface area contributed by atoms with E-state index in [0.717, 1.165) is 10.4 Å². The average molecular weight is 328 g/mol. The van der Waals surface area contributed by atoms with E-state index in [1.165, 1.54) is 0 Å². The SMILES string of the molecule is CC(C)(O)[C@H]1Cc2c(ccc3c2O/C(=C\c2cccs2)C3=O)O1. The monoisotopic (exact) mass is 328 g/mol. The summed E-state index contributed by atoms with van der Waals surface area (Å²) in [7, 11) is 0. The molecule has 0 saturated carbocycles. The maximum absolute atomic E-state index is 12.5. The number of benzene rings is 1. The van der Waals surface area contributed by atoms with E-state index >= 15 is 0 Å². The van der Waals surface area contributed by atoms with Crippen LogP contribution in [0.15, 0.2) is 35.4 Å². The van der Waals surface area contributed by atoms with Gasteiger partial charge in [0.1, 0.15) is 17.6 Å². The first-order valence-electron chi connectivity index (χ1n) is 7.46. The van der Waals surface area contributed by atoms with Crippen LogP contribution in [0.3, 0.4) is 0 Å². The minimum absolute atomic E-state index is 0.108. The number of fused-ring (bicyclic) bond motifs is 3. The highest BCUT2D eigenvalue weighted by Crippen LogP contribution is 2.45. The van der Waals surface area contributed by atoms with Crippen LogP contribution in [-0.2, 0) is 6.42 Å². The molecule has 0 radical (unpaired) electrons. The molecule has 0 bridgehead atoms. The van der Waals surface area contributed by atoms with Crippen molar-refractivity contribution in [3.63, 3.8) is 0 Å². The number of hydrogen-bond acceptors (Lipinski definition) is 5. The smallest absolute Gasteiger partial charge is 0.232 e. The van der Waals surface area contributed by atoms with E-state index in [-0.39, 0.29) is 11.9 Å². The molecule has 2 aromatic rings. The summed E-state index contributed by atoms with van der Waals surface area (Å²) in [6.45, 7) is 3.44. The fraction of sp³-hybridized carbons (Fsp3) is 0.278. The molecule has 2 aliphatic rings. The van der Waals surface area contributed by atoms with Crippen LogP contribution >= 0.6 is 11.3 Å². The molecular formula is C18H16O4S. The topological polar surface area (TPSA) is 55.8 Å². The van der Waals surface area contributed by atoms with Crippen LogP contribution in [0.5, 0.6) is 11.5 Å². The van der Waals surface area contributed by atoms with Crippen molar-refractivity contribution in [3.05, 3.63) is 51.4 Å². The lowest BCUT2D eigenvalue weighted by Crippen LogP contribution is -2.39. The van der Waals surface area contributed by atoms with Gasteiger partial charge in [-0.25, -0.2) is 0 Å². The molecule has 4 nitrogen and oxygen atoms in total. The zero-order valence-corrected chi connectivity index (χ0v) is 13.6. The minimum atomic E-state index is -0.954. The van der Waals surface area contributed by atoms with Crippen molar-refractivity contribution in [3.8, 4) is 11.5 Å². The van der Waals surface area contributed by atoms with Crippen molar-refractivity contribution < 1.29 is 19.4 Å². The first-order valence-corrected chi connectivity index (χ1v) is 8.34. The lowest BCUT2D eigenvalue weighted by Gasteiger charge is -2.24. The van der Waals surface area contributed by atoms with Crippen LogP contribution in [0.2, 0.25) is 0 Å². The Labute approximate surface area is 138 Å². The van der Waals surface area contributed by atoms with Gasteiger partial charge in [0.05, 0.1) is 11.2 Å². The van der Waals surface area contributed by atoms with Gasteiger partial charge in [0, 0.05) is 22.9 Å². The summed E-state index contributed by atoms with van der Waals surface area (Å²) in [6.07, 6.45) is 1.96. The predicted molar refractivity (Wildman–Crippen MR) is 88.1 cm³/mol. The number of ketones is 1. The maximum Gasteiger partial charge on any atom is 0.232 e. The molecule has 0 fully saturated rings. The van der Waals surface area contributed by atoms with Gasteiger partial charge < -0.3 is 14.6 Å². The molecule has 0 unspecified atom stereocenters. The van der Waals surface area contributed by atoms with E-state index in [4.69, 9.17) is 9.47 Å². The standard InChI is InChI=1S/C18H16O4S/c1-18(2,20)15-9-12-13(21-15)6-5-11-16(19)14(22-17(11)12)8-10-4-3-7-23-10/h3-8,15,20H,9H2,1-2H3/b14-8-/t15-/m1/s1. The Hall–Kier alpha value is -2.11. The highest BCUT2D eigenvalue weighted by atomic mass is 32.1. The minimum Gasteiger partial charge on any atom is -0.487 e. The second-order valence-electron chi connectivity index (χ2n) is 6.34. The van der Waals surface area contributed by atoms with Crippen LogP contribution in [-0.4, -0.2) is 22.6 Å². The molecule has 1 aromatic heterocycles. The molecule has 1 atom stereocenters. The van der Waals surface area contributed by atoms with E-state index in [1.807, 2.05) is 17.5 Å². The van der Waals surface area contributed by atoms with Crippen LogP contribution < -0.4 is 9.47 Å². The Balaban J connectivity index is 1.71. The Morgan fingerprint density at radius 2 is 2.17 bits per heavy atom. The predicted octanol–water partition coefficient (Wildman–Crippen LogP) is 3.44. The molecule has 0 aliphatic carbocycles. The molecule has 0 amide bonds. The number of rotatable bonds is 2. The molecule has 2 aliphatic heterocycles. The first kappa shape index (κ1) is 14.5. The zero-order chi connectivity index (χ0) is 16.2. The summed E-state index contributed by atoms with van der Waals surface area (Å²) in [5.41, 5.74) is 0.466. The number of ether oxygens (including phenoxy) is 2. The van der Waals surface area contributed by atoms with E-state index in [1.54, 1.807) is 43.4 Å². The fourth-order valence-electron chi connectivity index (χ4n) is 2.87. The molecule has 4 rings (SSSR count). The van der Waals surface area contributed by atoms with Crippen molar-refractivity contribution in [1.82, 2.24) is 0 Å². The largest absolute Gasteiger partial charge is 0.487 e. The van der Waals surface area contributed by atoms with Crippen molar-refractivity contribution in [2.45, 2.75) is 32.0 Å². The third kappa shape index (κ3) is 2.36. The van der Waals surface area contributed by atoms with Crippen LogP contribution in [0, 0.1) is 0 Å². The highest BCUT2D eigenvalue weighted by molar-refractivity contribution is 7.10. The maximum atomic E-state index is 12.5. The van der Waals surface area contributed by atoms with Crippen molar-refractivity contribution in [1.29, 1.82) is 0 Å². The average Bonchev–Trinajstić information content (AvgIpc) is 3.18.